The predicted molar refractivity (Wildman–Crippen MR) is 69.1 cm³/mol. The van der Waals surface area contributed by atoms with Gasteiger partial charge in [0.05, 0.1) is 10.7 Å². The van der Waals surface area contributed by atoms with Crippen LogP contribution >= 0.6 is 11.3 Å². The Bertz CT molecular complexity index is 316. The van der Waals surface area contributed by atoms with Crippen molar-refractivity contribution < 1.29 is 0 Å². The van der Waals surface area contributed by atoms with Crippen molar-refractivity contribution in [3.05, 3.63) is 16.1 Å². The topological polar surface area (TPSA) is 28.2 Å². The molecule has 4 heteroatoms. The highest BCUT2D eigenvalue weighted by Crippen LogP contribution is 2.12. The van der Waals surface area contributed by atoms with Crippen molar-refractivity contribution in [3.8, 4) is 0 Å². The number of likely N-dealkylation sites (tertiary alicyclic amines) is 1. The van der Waals surface area contributed by atoms with E-state index in [1.807, 2.05) is 0 Å². The largest absolute Gasteiger partial charge is 0.317 e. The minimum absolute atomic E-state index is 0.734. The molecule has 2 heterocycles. The number of aromatic nitrogens is 1. The summed E-state index contributed by atoms with van der Waals surface area (Å²) in [6, 6.07) is 0.734. The number of hydrogen-bond donors (Lipinski definition) is 1. The normalized spacial score (nSPS) is 19.1. The third kappa shape index (κ3) is 3.27. The second kappa shape index (κ2) is 5.75. The highest BCUT2D eigenvalue weighted by molar-refractivity contribution is 7.09. The van der Waals surface area contributed by atoms with Gasteiger partial charge in [-0.05, 0) is 39.9 Å². The van der Waals surface area contributed by atoms with Gasteiger partial charge in [0, 0.05) is 24.4 Å². The first-order valence-corrected chi connectivity index (χ1v) is 6.96. The summed E-state index contributed by atoms with van der Waals surface area (Å²) in [4.78, 5) is 7.06. The monoisotopic (exact) mass is 239 g/mol. The highest BCUT2D eigenvalue weighted by Gasteiger charge is 2.17. The second-order valence-electron chi connectivity index (χ2n) is 4.51. The molecule has 0 bridgehead atoms. The van der Waals surface area contributed by atoms with Gasteiger partial charge in [0.25, 0.3) is 0 Å². The second-order valence-corrected chi connectivity index (χ2v) is 5.57. The average molecular weight is 239 g/mol. The van der Waals surface area contributed by atoms with Crippen molar-refractivity contribution in [2.75, 3.05) is 26.7 Å². The third-order valence-corrected chi connectivity index (χ3v) is 4.17. The Morgan fingerprint density at radius 3 is 2.81 bits per heavy atom. The molecule has 0 atom stereocenters. The number of nitrogens with one attached hydrogen (secondary N) is 1. The van der Waals surface area contributed by atoms with Gasteiger partial charge in [-0.1, -0.05) is 0 Å². The molecule has 1 aliphatic heterocycles. The zero-order chi connectivity index (χ0) is 11.4. The molecular weight excluding hydrogens is 218 g/mol. The summed E-state index contributed by atoms with van der Waals surface area (Å²) in [7, 11) is 2.07. The van der Waals surface area contributed by atoms with E-state index in [-0.39, 0.29) is 0 Å². The van der Waals surface area contributed by atoms with Gasteiger partial charge in [-0.2, -0.15) is 0 Å². The molecule has 3 nitrogen and oxygen atoms in total. The number of piperidine rings is 1. The standard InChI is InChI=1S/C12H21N3S/c1-10-14-12(9-16-10)5-8-15-6-3-11(13-2)4-7-15/h9,11,13H,3-8H2,1-2H3. The maximum atomic E-state index is 4.51. The van der Waals surface area contributed by atoms with Crippen molar-refractivity contribution in [1.82, 2.24) is 15.2 Å². The Labute approximate surface area is 102 Å². The van der Waals surface area contributed by atoms with Crippen LogP contribution in [0.2, 0.25) is 0 Å². The van der Waals surface area contributed by atoms with E-state index in [9.17, 15) is 0 Å². The van der Waals surface area contributed by atoms with Crippen molar-refractivity contribution >= 4 is 11.3 Å². The minimum Gasteiger partial charge on any atom is -0.317 e. The van der Waals surface area contributed by atoms with Gasteiger partial charge >= 0.3 is 0 Å². The summed E-state index contributed by atoms with van der Waals surface area (Å²) in [6.07, 6.45) is 3.67. The lowest BCUT2D eigenvalue weighted by Gasteiger charge is -2.31. The van der Waals surface area contributed by atoms with E-state index in [2.05, 4.69) is 34.6 Å². The van der Waals surface area contributed by atoms with E-state index in [0.717, 1.165) is 12.5 Å². The summed E-state index contributed by atoms with van der Waals surface area (Å²) < 4.78 is 0. The molecule has 0 radical (unpaired) electrons. The van der Waals surface area contributed by atoms with E-state index in [0.29, 0.717) is 0 Å². The fourth-order valence-corrected chi connectivity index (χ4v) is 2.89. The first kappa shape index (κ1) is 12.0. The van der Waals surface area contributed by atoms with Crippen LogP contribution in [-0.4, -0.2) is 42.6 Å². The third-order valence-electron chi connectivity index (χ3n) is 3.35. The van der Waals surface area contributed by atoms with Gasteiger partial charge < -0.3 is 10.2 Å². The number of hydrogen-bond acceptors (Lipinski definition) is 4. The minimum atomic E-state index is 0.734. The van der Waals surface area contributed by atoms with Gasteiger partial charge in [-0.3, -0.25) is 0 Å². The number of nitrogens with zero attached hydrogens (tertiary/aromatic N) is 2. The first-order chi connectivity index (χ1) is 7.78. The van der Waals surface area contributed by atoms with Crippen LogP contribution in [0, 0.1) is 6.92 Å². The van der Waals surface area contributed by atoms with Crippen LogP contribution in [0.3, 0.4) is 0 Å². The Morgan fingerprint density at radius 1 is 1.50 bits per heavy atom. The Balaban J connectivity index is 1.71. The molecule has 1 saturated heterocycles. The van der Waals surface area contributed by atoms with Crippen molar-refractivity contribution in [2.24, 2.45) is 0 Å². The maximum absolute atomic E-state index is 4.51. The number of thiazole rings is 1. The Kier molecular flexibility index (Phi) is 4.32. The van der Waals surface area contributed by atoms with E-state index < -0.39 is 0 Å². The Morgan fingerprint density at radius 2 is 2.25 bits per heavy atom. The van der Waals surface area contributed by atoms with Crippen LogP contribution in [-0.2, 0) is 6.42 Å². The maximum Gasteiger partial charge on any atom is 0.0897 e. The molecule has 0 amide bonds. The lowest BCUT2D eigenvalue weighted by Crippen LogP contribution is -2.41. The molecule has 1 aliphatic rings. The van der Waals surface area contributed by atoms with Crippen LogP contribution < -0.4 is 5.32 Å². The molecule has 0 unspecified atom stereocenters. The molecule has 0 aromatic carbocycles. The van der Waals surface area contributed by atoms with E-state index >= 15 is 0 Å². The van der Waals surface area contributed by atoms with E-state index in [4.69, 9.17) is 0 Å². The molecule has 90 valence electrons. The summed E-state index contributed by atoms with van der Waals surface area (Å²) in [6.45, 7) is 5.70. The van der Waals surface area contributed by atoms with Gasteiger partial charge in [0.2, 0.25) is 0 Å². The van der Waals surface area contributed by atoms with Crippen molar-refractivity contribution in [3.63, 3.8) is 0 Å². The van der Waals surface area contributed by atoms with Crippen LogP contribution in [0.25, 0.3) is 0 Å². The Hall–Kier alpha value is -0.450. The van der Waals surface area contributed by atoms with E-state index in [1.165, 1.54) is 43.2 Å². The predicted octanol–water partition coefficient (Wildman–Crippen LogP) is 1.68. The molecule has 1 aromatic heterocycles. The van der Waals surface area contributed by atoms with Gasteiger partial charge in [-0.15, -0.1) is 11.3 Å². The molecule has 1 aromatic rings. The zero-order valence-corrected chi connectivity index (χ0v) is 11.0. The van der Waals surface area contributed by atoms with Crippen LogP contribution in [0.5, 0.6) is 0 Å². The zero-order valence-electron chi connectivity index (χ0n) is 10.2. The molecule has 2 rings (SSSR count). The molecule has 16 heavy (non-hydrogen) atoms. The van der Waals surface area contributed by atoms with Crippen LogP contribution in [0.1, 0.15) is 23.5 Å². The lowest BCUT2D eigenvalue weighted by atomic mass is 10.1. The van der Waals surface area contributed by atoms with Crippen LogP contribution in [0.4, 0.5) is 0 Å². The molecule has 0 spiro atoms. The van der Waals surface area contributed by atoms with E-state index in [1.54, 1.807) is 11.3 Å². The summed E-state index contributed by atoms with van der Waals surface area (Å²) in [5.74, 6) is 0. The molecule has 1 fully saturated rings. The fourth-order valence-electron chi connectivity index (χ4n) is 2.24. The van der Waals surface area contributed by atoms with Crippen molar-refractivity contribution in [1.29, 1.82) is 0 Å². The van der Waals surface area contributed by atoms with Crippen LogP contribution in [0.15, 0.2) is 5.38 Å². The molecular formula is C12H21N3S. The summed E-state index contributed by atoms with van der Waals surface area (Å²) >= 11 is 1.76. The van der Waals surface area contributed by atoms with Gasteiger partial charge in [0.15, 0.2) is 0 Å². The van der Waals surface area contributed by atoms with Gasteiger partial charge in [0.1, 0.15) is 0 Å². The molecule has 0 saturated carbocycles. The lowest BCUT2D eigenvalue weighted by molar-refractivity contribution is 0.203. The number of rotatable bonds is 4. The van der Waals surface area contributed by atoms with Gasteiger partial charge in [-0.25, -0.2) is 4.98 Å². The average Bonchev–Trinajstić information content (AvgIpc) is 2.73. The number of aryl methyl sites for hydroxylation is 1. The highest BCUT2D eigenvalue weighted by atomic mass is 32.1. The molecule has 1 N–H and O–H groups in total. The first-order valence-electron chi connectivity index (χ1n) is 6.08. The summed E-state index contributed by atoms with van der Waals surface area (Å²) in [5.41, 5.74) is 1.26. The summed E-state index contributed by atoms with van der Waals surface area (Å²) in [5, 5.41) is 6.74. The SMILES string of the molecule is CNC1CCN(CCc2csc(C)n2)CC1. The molecule has 0 aliphatic carbocycles. The fraction of sp³-hybridized carbons (Fsp3) is 0.750. The smallest absolute Gasteiger partial charge is 0.0897 e. The quantitative estimate of drug-likeness (QED) is 0.866. The van der Waals surface area contributed by atoms with Crippen molar-refractivity contribution in [2.45, 2.75) is 32.2 Å².